The van der Waals surface area contributed by atoms with Crippen LogP contribution in [0.5, 0.6) is 0 Å². The van der Waals surface area contributed by atoms with Gasteiger partial charge in [0.25, 0.3) is 5.97 Å². The summed E-state index contributed by atoms with van der Waals surface area (Å²) in [5.41, 5.74) is 0. The molecular weight excluding hydrogens is 216 g/mol. The third kappa shape index (κ3) is 121. The molecule has 6 nitrogen and oxygen atoms in total. The van der Waals surface area contributed by atoms with E-state index < -0.39 is 5.97 Å². The minimum Gasteiger partial charge on any atom is -0.481 e. The first kappa shape index (κ1) is 24.2. The molecule has 0 unspecified atom stereocenters. The summed E-state index contributed by atoms with van der Waals surface area (Å²) in [6.07, 6.45) is 2.04. The van der Waals surface area contributed by atoms with Crippen molar-refractivity contribution in [1.82, 2.24) is 0 Å². The lowest BCUT2D eigenvalue weighted by molar-refractivity contribution is -0.140. The molecular formula is C10H24O6. The Balaban J connectivity index is -0.0000000668. The lowest BCUT2D eigenvalue weighted by Gasteiger charge is -1.89. The Morgan fingerprint density at radius 2 is 1.56 bits per heavy atom. The lowest BCUT2D eigenvalue weighted by atomic mass is 10.4. The third-order valence-electron chi connectivity index (χ3n) is 0.859. The molecule has 0 fully saturated rings. The number of aliphatic carboxylic acids is 1. The summed E-state index contributed by atoms with van der Waals surface area (Å²) in [7, 11) is 0. The van der Waals surface area contributed by atoms with Crippen molar-refractivity contribution in [1.29, 1.82) is 0 Å². The second kappa shape index (κ2) is 23.6. The van der Waals surface area contributed by atoms with Gasteiger partial charge in [0, 0.05) is 20.5 Å². The Morgan fingerprint density at radius 1 is 1.19 bits per heavy atom. The van der Waals surface area contributed by atoms with Gasteiger partial charge in [-0.05, 0) is 13.3 Å². The van der Waals surface area contributed by atoms with Gasteiger partial charge in [-0.15, -0.1) is 0 Å². The average Bonchev–Trinajstić information content (AvgIpc) is 2.05. The van der Waals surface area contributed by atoms with Gasteiger partial charge < -0.3 is 20.4 Å². The summed E-state index contributed by atoms with van der Waals surface area (Å²) in [5, 5.41) is 15.5. The third-order valence-corrected chi connectivity index (χ3v) is 0.859. The van der Waals surface area contributed by atoms with E-state index in [0.717, 1.165) is 19.8 Å². The lowest BCUT2D eigenvalue weighted by Crippen LogP contribution is -1.95. The number of carbonyl (C=O) groups excluding carboxylic acids is 1. The number of hydrogen-bond acceptors (Lipinski definition) is 4. The highest BCUT2D eigenvalue weighted by atomic mass is 16.5. The fourth-order valence-electron chi connectivity index (χ4n) is 0.361. The Morgan fingerprint density at radius 3 is 1.56 bits per heavy atom. The van der Waals surface area contributed by atoms with Crippen molar-refractivity contribution in [2.75, 3.05) is 13.2 Å². The monoisotopic (exact) mass is 240 g/mol. The number of carboxylic acid groups (broad SMARTS) is 1. The van der Waals surface area contributed by atoms with E-state index in [4.69, 9.17) is 15.0 Å². The fraction of sp³-hybridized carbons (Fsp3) is 0.800. The van der Waals surface area contributed by atoms with Crippen LogP contribution in [0, 0.1) is 0 Å². The molecule has 0 aromatic rings. The predicted molar refractivity (Wildman–Crippen MR) is 61.2 cm³/mol. The van der Waals surface area contributed by atoms with E-state index in [9.17, 15) is 4.79 Å². The first-order chi connectivity index (χ1) is 6.92. The van der Waals surface area contributed by atoms with Crippen molar-refractivity contribution in [3.63, 3.8) is 0 Å². The maximum Gasteiger partial charge on any atom is 0.302 e. The van der Waals surface area contributed by atoms with E-state index >= 15 is 0 Å². The minimum atomic E-state index is -0.833. The first-order valence-corrected chi connectivity index (χ1v) is 4.86. The number of unbranched alkanes of at least 4 members (excludes halogenated alkanes) is 1. The summed E-state index contributed by atoms with van der Waals surface area (Å²) in [6.45, 7) is 7.13. The molecule has 0 amide bonds. The van der Waals surface area contributed by atoms with Crippen molar-refractivity contribution >= 4 is 11.9 Å². The second-order valence-electron chi connectivity index (χ2n) is 2.52. The molecule has 0 atom stereocenters. The quantitative estimate of drug-likeness (QED) is 0.701. The zero-order valence-electron chi connectivity index (χ0n) is 10.4. The van der Waals surface area contributed by atoms with Crippen molar-refractivity contribution in [2.24, 2.45) is 0 Å². The predicted octanol–water partition coefficient (Wildman–Crippen LogP) is 0.614. The molecule has 0 radical (unpaired) electrons. The van der Waals surface area contributed by atoms with E-state index in [2.05, 4.69) is 11.7 Å². The van der Waals surface area contributed by atoms with Gasteiger partial charge in [0.05, 0.1) is 6.61 Å². The molecule has 100 valence electrons. The zero-order chi connectivity index (χ0) is 12.7. The maximum absolute atomic E-state index is 9.82. The SMILES string of the molecule is CC(=O)O.CCCCO.CCOC(C)=O.O. The van der Waals surface area contributed by atoms with Crippen LogP contribution < -0.4 is 0 Å². The van der Waals surface area contributed by atoms with Crippen LogP contribution in [0.4, 0.5) is 0 Å². The van der Waals surface area contributed by atoms with E-state index in [1.165, 1.54) is 6.92 Å². The molecule has 0 aromatic heterocycles. The van der Waals surface area contributed by atoms with Gasteiger partial charge in [-0.2, -0.15) is 0 Å². The molecule has 0 aromatic carbocycles. The zero-order valence-corrected chi connectivity index (χ0v) is 10.4. The molecule has 0 saturated carbocycles. The molecule has 0 aliphatic heterocycles. The van der Waals surface area contributed by atoms with Gasteiger partial charge in [-0.1, -0.05) is 13.3 Å². The largest absolute Gasteiger partial charge is 0.481 e. The van der Waals surface area contributed by atoms with Crippen molar-refractivity contribution < 1.29 is 30.0 Å². The maximum atomic E-state index is 9.82. The van der Waals surface area contributed by atoms with Gasteiger partial charge in [-0.3, -0.25) is 9.59 Å². The number of hydrogen-bond donors (Lipinski definition) is 2. The Kier molecular flexibility index (Phi) is 35.7. The van der Waals surface area contributed by atoms with Crippen LogP contribution in [0.3, 0.4) is 0 Å². The van der Waals surface area contributed by atoms with E-state index in [0.29, 0.717) is 13.2 Å². The Hall–Kier alpha value is -1.14. The second-order valence-corrected chi connectivity index (χ2v) is 2.52. The molecule has 0 aliphatic carbocycles. The van der Waals surface area contributed by atoms with E-state index in [-0.39, 0.29) is 11.4 Å². The van der Waals surface area contributed by atoms with E-state index in [1.54, 1.807) is 6.92 Å². The van der Waals surface area contributed by atoms with Gasteiger partial charge in [-0.25, -0.2) is 0 Å². The Bertz CT molecular complexity index is 140. The molecule has 0 saturated heterocycles. The number of carboxylic acids is 1. The standard InChI is InChI=1S/C4H8O2.C4H10O.C2H4O2.H2O/c1-3-6-4(2)5;1-2-3-4-5;1-2(3)4;/h3H2,1-2H3;5H,2-4H2,1H3;1H3,(H,3,4);1H2. The van der Waals surface area contributed by atoms with Crippen LogP contribution in [-0.2, 0) is 14.3 Å². The molecule has 4 N–H and O–H groups in total. The number of rotatable bonds is 3. The van der Waals surface area contributed by atoms with Gasteiger partial charge in [0.15, 0.2) is 0 Å². The molecule has 0 rings (SSSR count). The summed E-state index contributed by atoms with van der Waals surface area (Å²) < 4.78 is 4.40. The summed E-state index contributed by atoms with van der Waals surface area (Å²) in [6, 6.07) is 0. The summed E-state index contributed by atoms with van der Waals surface area (Å²) >= 11 is 0. The number of esters is 1. The van der Waals surface area contributed by atoms with Crippen LogP contribution in [0.2, 0.25) is 0 Å². The van der Waals surface area contributed by atoms with Crippen molar-refractivity contribution in [3.05, 3.63) is 0 Å². The first-order valence-electron chi connectivity index (χ1n) is 4.86. The molecule has 0 heterocycles. The number of aliphatic hydroxyl groups is 1. The molecule has 6 heteroatoms. The van der Waals surface area contributed by atoms with Crippen LogP contribution in [-0.4, -0.2) is 40.8 Å². The van der Waals surface area contributed by atoms with E-state index in [1.807, 2.05) is 0 Å². The number of ether oxygens (including phenoxy) is 1. The summed E-state index contributed by atoms with van der Waals surface area (Å²) in [5.74, 6) is -1.04. The highest BCUT2D eigenvalue weighted by Crippen LogP contribution is 1.78. The van der Waals surface area contributed by atoms with Gasteiger partial charge in [0.1, 0.15) is 0 Å². The normalized spacial score (nSPS) is 7.06. The molecule has 0 aliphatic rings. The van der Waals surface area contributed by atoms with Crippen LogP contribution >= 0.6 is 0 Å². The van der Waals surface area contributed by atoms with Crippen LogP contribution in [0.15, 0.2) is 0 Å². The van der Waals surface area contributed by atoms with Crippen LogP contribution in [0.25, 0.3) is 0 Å². The van der Waals surface area contributed by atoms with Crippen molar-refractivity contribution in [3.8, 4) is 0 Å². The highest BCUT2D eigenvalue weighted by molar-refractivity contribution is 5.65. The molecule has 0 bridgehead atoms. The number of aliphatic hydroxyl groups excluding tert-OH is 1. The summed E-state index contributed by atoms with van der Waals surface area (Å²) in [4.78, 5) is 18.8. The average molecular weight is 240 g/mol. The van der Waals surface area contributed by atoms with Gasteiger partial charge in [0.2, 0.25) is 0 Å². The highest BCUT2D eigenvalue weighted by Gasteiger charge is 1.81. The smallest absolute Gasteiger partial charge is 0.302 e. The molecule has 16 heavy (non-hydrogen) atoms. The Labute approximate surface area is 96.5 Å². The minimum absolute atomic E-state index is 0. The van der Waals surface area contributed by atoms with Gasteiger partial charge >= 0.3 is 5.97 Å². The molecule has 0 spiro atoms. The van der Waals surface area contributed by atoms with Crippen molar-refractivity contribution in [2.45, 2.75) is 40.5 Å². The fourth-order valence-corrected chi connectivity index (χ4v) is 0.361. The number of carbonyl (C=O) groups is 2. The topological polar surface area (TPSA) is 115 Å². The van der Waals surface area contributed by atoms with Crippen LogP contribution in [0.1, 0.15) is 40.5 Å².